The van der Waals surface area contributed by atoms with Crippen LogP contribution < -0.4 is 15.7 Å². The summed E-state index contributed by atoms with van der Waals surface area (Å²) in [6.07, 6.45) is -1.18. The summed E-state index contributed by atoms with van der Waals surface area (Å²) in [4.78, 5) is 40.5. The molecule has 0 bridgehead atoms. The van der Waals surface area contributed by atoms with Crippen molar-refractivity contribution in [1.82, 2.24) is 15.7 Å². The number of fused-ring (bicyclic) bond motifs is 1. The molecule has 10 heteroatoms. The number of carboxylic acid groups (broad SMARTS) is 1. The summed E-state index contributed by atoms with van der Waals surface area (Å²) >= 11 is 1.85. The third kappa shape index (κ3) is 4.66. The van der Waals surface area contributed by atoms with E-state index >= 15 is 0 Å². The van der Waals surface area contributed by atoms with Gasteiger partial charge in [-0.1, -0.05) is 24.3 Å². The van der Waals surface area contributed by atoms with Crippen LogP contribution in [0, 0.1) is 5.92 Å². The average Bonchev–Trinajstić information content (AvgIpc) is 3.23. The van der Waals surface area contributed by atoms with Gasteiger partial charge >= 0.3 is 6.09 Å². The van der Waals surface area contributed by atoms with Gasteiger partial charge in [-0.05, 0) is 29.8 Å². The van der Waals surface area contributed by atoms with Gasteiger partial charge < -0.3 is 20.2 Å². The quantitative estimate of drug-likeness (QED) is 0.401. The largest absolute Gasteiger partial charge is 0.465 e. The van der Waals surface area contributed by atoms with Gasteiger partial charge in [-0.2, -0.15) is 0 Å². The first-order chi connectivity index (χ1) is 15.5. The first-order valence-corrected chi connectivity index (χ1v) is 11.2. The Morgan fingerprint density at radius 3 is 2.53 bits per heavy atom. The van der Waals surface area contributed by atoms with E-state index in [4.69, 9.17) is 5.21 Å². The fraction of sp³-hybridized carbons (Fsp3) is 0.318. The second-order valence-electron chi connectivity index (χ2n) is 7.78. The number of nitrogens with one attached hydrogen (secondary N) is 2. The van der Waals surface area contributed by atoms with Gasteiger partial charge in [-0.25, -0.2) is 10.3 Å². The summed E-state index contributed by atoms with van der Waals surface area (Å²) in [5.74, 6) is -0.968. The average molecular weight is 457 g/mol. The number of para-hydroxylation sites is 1. The topological polar surface area (TPSA) is 122 Å². The molecule has 1 fully saturated rings. The van der Waals surface area contributed by atoms with E-state index in [0.717, 1.165) is 29.3 Å². The number of anilines is 1. The highest BCUT2D eigenvalue weighted by Gasteiger charge is 2.40. The first-order valence-electron chi connectivity index (χ1n) is 10.2. The number of thioether (sulfide) groups is 1. The number of hydrogen-bond donors (Lipinski definition) is 4. The van der Waals surface area contributed by atoms with Crippen molar-refractivity contribution in [2.24, 2.45) is 5.92 Å². The minimum atomic E-state index is -1.18. The number of nitrogens with zero attached hydrogens (tertiary/aromatic N) is 2. The van der Waals surface area contributed by atoms with Crippen LogP contribution in [0.4, 0.5) is 10.5 Å². The van der Waals surface area contributed by atoms with Crippen LogP contribution in [0.5, 0.6) is 0 Å². The van der Waals surface area contributed by atoms with Gasteiger partial charge in [0.15, 0.2) is 0 Å². The first kappa shape index (κ1) is 22.0. The number of carbonyl (C=O) groups excluding carboxylic acids is 2. The van der Waals surface area contributed by atoms with Crippen molar-refractivity contribution < 1.29 is 24.7 Å². The molecule has 0 saturated carbocycles. The molecule has 0 radical (unpaired) electrons. The monoisotopic (exact) mass is 456 g/mol. The van der Waals surface area contributed by atoms with Crippen molar-refractivity contribution in [1.29, 1.82) is 0 Å². The van der Waals surface area contributed by atoms with Crippen molar-refractivity contribution in [2.45, 2.75) is 17.5 Å². The van der Waals surface area contributed by atoms with E-state index in [0.29, 0.717) is 5.56 Å². The molecule has 2 aliphatic rings. The number of hydrogen-bond acceptors (Lipinski definition) is 6. The normalized spacial score (nSPS) is 19.9. The van der Waals surface area contributed by atoms with Gasteiger partial charge in [0.2, 0.25) is 5.91 Å². The molecule has 3 amide bonds. The predicted octanol–water partition coefficient (Wildman–Crippen LogP) is 2.01. The van der Waals surface area contributed by atoms with Gasteiger partial charge in [0, 0.05) is 42.4 Å². The molecule has 9 nitrogen and oxygen atoms in total. The highest BCUT2D eigenvalue weighted by Crippen LogP contribution is 2.35. The van der Waals surface area contributed by atoms with Crippen molar-refractivity contribution in [3.05, 3.63) is 59.7 Å². The Hall–Kier alpha value is -3.24. The van der Waals surface area contributed by atoms with Crippen molar-refractivity contribution in [3.63, 3.8) is 0 Å². The number of benzene rings is 2. The van der Waals surface area contributed by atoms with Gasteiger partial charge in [0.05, 0.1) is 17.6 Å². The van der Waals surface area contributed by atoms with Gasteiger partial charge in [0.1, 0.15) is 0 Å². The molecule has 1 saturated heterocycles. The maximum atomic E-state index is 12.7. The summed E-state index contributed by atoms with van der Waals surface area (Å²) in [6.45, 7) is 1.55. The van der Waals surface area contributed by atoms with Crippen molar-refractivity contribution >= 4 is 35.4 Å². The zero-order chi connectivity index (χ0) is 22.7. The molecule has 4 N–H and O–H groups in total. The lowest BCUT2D eigenvalue weighted by atomic mass is 10.0. The third-order valence-electron chi connectivity index (χ3n) is 5.77. The fourth-order valence-electron chi connectivity index (χ4n) is 4.08. The molecule has 32 heavy (non-hydrogen) atoms. The molecule has 0 aromatic heterocycles. The number of amides is 3. The Balaban J connectivity index is 1.41. The van der Waals surface area contributed by atoms with Crippen LogP contribution in [0.1, 0.15) is 15.9 Å². The molecule has 2 heterocycles. The minimum absolute atomic E-state index is 0.0242. The SMILES string of the molecule is O=C(N[C@@H]1CN(C(=O)O)C[C@@H]1C(=O)NO)c1ccc(CN2CCSc3ccccc32)cc1. The van der Waals surface area contributed by atoms with Crippen LogP contribution in [0.2, 0.25) is 0 Å². The maximum Gasteiger partial charge on any atom is 0.407 e. The lowest BCUT2D eigenvalue weighted by Gasteiger charge is -2.30. The van der Waals surface area contributed by atoms with E-state index in [1.165, 1.54) is 10.6 Å². The Labute approximate surface area is 189 Å². The number of carbonyl (C=O) groups is 3. The summed E-state index contributed by atoms with van der Waals surface area (Å²) in [5.41, 5.74) is 4.24. The van der Waals surface area contributed by atoms with Crippen molar-refractivity contribution in [2.75, 3.05) is 30.3 Å². The highest BCUT2D eigenvalue weighted by molar-refractivity contribution is 7.99. The van der Waals surface area contributed by atoms with E-state index in [1.54, 1.807) is 17.6 Å². The van der Waals surface area contributed by atoms with E-state index in [9.17, 15) is 19.5 Å². The van der Waals surface area contributed by atoms with Gasteiger partial charge in [-0.3, -0.25) is 14.8 Å². The van der Waals surface area contributed by atoms with E-state index < -0.39 is 29.9 Å². The summed E-state index contributed by atoms with van der Waals surface area (Å²) in [5, 5.41) is 20.9. The molecule has 168 valence electrons. The maximum absolute atomic E-state index is 12.7. The van der Waals surface area contributed by atoms with Gasteiger partial charge in [0.25, 0.3) is 5.91 Å². The molecule has 0 unspecified atom stereocenters. The third-order valence-corrected chi connectivity index (χ3v) is 6.81. The Morgan fingerprint density at radius 2 is 1.81 bits per heavy atom. The molecule has 0 aliphatic carbocycles. The minimum Gasteiger partial charge on any atom is -0.465 e. The molecule has 4 rings (SSSR count). The molecule has 2 aromatic carbocycles. The lowest BCUT2D eigenvalue weighted by Crippen LogP contribution is -2.45. The van der Waals surface area contributed by atoms with Crippen LogP contribution in [-0.2, 0) is 11.3 Å². The van der Waals surface area contributed by atoms with Crippen LogP contribution in [0.15, 0.2) is 53.4 Å². The zero-order valence-electron chi connectivity index (χ0n) is 17.2. The molecule has 2 aromatic rings. The molecular formula is C22H24N4O5S. The number of hydroxylamine groups is 1. The second kappa shape index (κ2) is 9.49. The number of likely N-dealkylation sites (tertiary alicyclic amines) is 1. The highest BCUT2D eigenvalue weighted by atomic mass is 32.2. The summed E-state index contributed by atoms with van der Waals surface area (Å²) < 4.78 is 0. The lowest BCUT2D eigenvalue weighted by molar-refractivity contribution is -0.133. The fourth-order valence-corrected chi connectivity index (χ4v) is 5.13. The summed E-state index contributed by atoms with van der Waals surface area (Å²) in [6, 6.07) is 14.8. The smallest absolute Gasteiger partial charge is 0.407 e. The Bertz CT molecular complexity index is 1020. The van der Waals surface area contributed by atoms with E-state index in [2.05, 4.69) is 22.3 Å². The van der Waals surface area contributed by atoms with Crippen LogP contribution in [0.25, 0.3) is 0 Å². The van der Waals surface area contributed by atoms with E-state index in [-0.39, 0.29) is 13.1 Å². The predicted molar refractivity (Wildman–Crippen MR) is 119 cm³/mol. The van der Waals surface area contributed by atoms with Crippen LogP contribution in [-0.4, -0.2) is 64.6 Å². The summed E-state index contributed by atoms with van der Waals surface area (Å²) in [7, 11) is 0. The molecule has 2 aliphatic heterocycles. The number of rotatable bonds is 5. The zero-order valence-corrected chi connectivity index (χ0v) is 18.0. The Morgan fingerprint density at radius 1 is 1.06 bits per heavy atom. The van der Waals surface area contributed by atoms with Gasteiger partial charge in [-0.15, -0.1) is 11.8 Å². The van der Waals surface area contributed by atoms with Crippen molar-refractivity contribution in [3.8, 4) is 0 Å². The Kier molecular flexibility index (Phi) is 6.52. The molecular weight excluding hydrogens is 432 g/mol. The second-order valence-corrected chi connectivity index (χ2v) is 8.92. The molecule has 2 atom stereocenters. The van der Waals surface area contributed by atoms with E-state index in [1.807, 2.05) is 36.0 Å². The molecule has 0 spiro atoms. The van der Waals surface area contributed by atoms with Crippen LogP contribution in [0.3, 0.4) is 0 Å². The standard InChI is InChI=1S/C22H24N4O5S/c27-20(23-17-13-26(22(29)30)12-16(17)21(28)24-31)15-7-5-14(6-8-15)11-25-9-10-32-19-4-2-1-3-18(19)25/h1-8,16-17,31H,9-13H2,(H,23,27)(H,24,28)(H,29,30)/t16-,17+/m0/s1. The van der Waals surface area contributed by atoms with Crippen LogP contribution >= 0.6 is 11.8 Å².